The van der Waals surface area contributed by atoms with Crippen molar-refractivity contribution in [1.82, 2.24) is 9.21 Å². The maximum absolute atomic E-state index is 12.9. The van der Waals surface area contributed by atoms with Crippen molar-refractivity contribution in [1.29, 1.82) is 0 Å². The number of carbonyl (C=O) groups is 1. The molecule has 9 heteroatoms. The number of sulfonamides is 1. The molecular weight excluding hydrogens is 422 g/mol. The van der Waals surface area contributed by atoms with E-state index in [1.807, 2.05) is 6.92 Å². The number of morpholine rings is 1. The first-order valence-electron chi connectivity index (χ1n) is 10.2. The Morgan fingerprint density at radius 3 is 2.57 bits per heavy atom. The van der Waals surface area contributed by atoms with Crippen LogP contribution in [0.1, 0.15) is 31.4 Å². The maximum atomic E-state index is 12.9. The molecule has 30 heavy (non-hydrogen) atoms. The van der Waals surface area contributed by atoms with Crippen LogP contribution in [0.15, 0.2) is 46.0 Å². The molecule has 2 aromatic rings. The number of ether oxygens (including phenoxy) is 1. The first-order chi connectivity index (χ1) is 14.5. The molecule has 2 fully saturated rings. The minimum absolute atomic E-state index is 0.0825. The molecular formula is C21H27N3O4S2. The van der Waals surface area contributed by atoms with Gasteiger partial charge in [-0.15, -0.1) is 0 Å². The Hall–Kier alpha value is -1.78. The van der Waals surface area contributed by atoms with Crippen LogP contribution in [0.2, 0.25) is 0 Å². The molecule has 0 unspecified atom stereocenters. The third-order valence-electron chi connectivity index (χ3n) is 5.83. The van der Waals surface area contributed by atoms with Gasteiger partial charge < -0.3 is 10.1 Å². The van der Waals surface area contributed by atoms with Gasteiger partial charge >= 0.3 is 0 Å². The van der Waals surface area contributed by atoms with Gasteiger partial charge in [-0.25, -0.2) is 8.42 Å². The van der Waals surface area contributed by atoms with E-state index in [0.717, 1.165) is 19.4 Å². The van der Waals surface area contributed by atoms with Gasteiger partial charge in [0.25, 0.3) is 0 Å². The lowest BCUT2D eigenvalue weighted by molar-refractivity contribution is -0.121. The topological polar surface area (TPSA) is 79.0 Å². The van der Waals surface area contributed by atoms with Crippen molar-refractivity contribution >= 4 is 33.0 Å². The summed E-state index contributed by atoms with van der Waals surface area (Å²) in [7, 11) is -3.54. The molecule has 0 aliphatic carbocycles. The SMILES string of the molecule is C[C@@H](C(=O)Nc1ccc(S(=O)(=O)N2CCOCC2)cc1)N1CCC[C@H]1c1ccsc1. The largest absolute Gasteiger partial charge is 0.379 e. The highest BCUT2D eigenvalue weighted by Gasteiger charge is 2.33. The molecule has 1 N–H and O–H groups in total. The molecule has 0 spiro atoms. The molecule has 1 aromatic heterocycles. The smallest absolute Gasteiger partial charge is 0.243 e. The zero-order valence-corrected chi connectivity index (χ0v) is 18.6. The Bertz CT molecular complexity index is 955. The number of amides is 1. The second-order valence-electron chi connectivity index (χ2n) is 7.66. The average Bonchev–Trinajstić information content (AvgIpc) is 3.46. The quantitative estimate of drug-likeness (QED) is 0.734. The number of anilines is 1. The van der Waals surface area contributed by atoms with Gasteiger partial charge in [0.05, 0.1) is 24.2 Å². The van der Waals surface area contributed by atoms with Gasteiger partial charge in [-0.05, 0) is 73.0 Å². The normalized spacial score (nSPS) is 22.1. The Labute approximate surface area is 181 Å². The lowest BCUT2D eigenvalue weighted by Crippen LogP contribution is -2.41. The average molecular weight is 450 g/mol. The summed E-state index contributed by atoms with van der Waals surface area (Å²) in [5.41, 5.74) is 1.87. The van der Waals surface area contributed by atoms with E-state index in [0.29, 0.717) is 32.0 Å². The number of likely N-dealkylation sites (tertiary alicyclic amines) is 1. The first kappa shape index (κ1) is 21.5. The predicted molar refractivity (Wildman–Crippen MR) is 117 cm³/mol. The van der Waals surface area contributed by atoms with E-state index in [9.17, 15) is 13.2 Å². The summed E-state index contributed by atoms with van der Waals surface area (Å²) in [5.74, 6) is -0.0825. The third-order valence-corrected chi connectivity index (χ3v) is 8.44. The van der Waals surface area contributed by atoms with Gasteiger partial charge in [-0.3, -0.25) is 9.69 Å². The van der Waals surface area contributed by atoms with E-state index in [-0.39, 0.29) is 22.9 Å². The number of nitrogens with zero attached hydrogens (tertiary/aromatic N) is 2. The standard InChI is InChI=1S/C21H27N3O4S2/c1-16(24-9-2-3-20(24)17-8-14-29-15-17)21(25)22-18-4-6-19(7-5-18)30(26,27)23-10-12-28-13-11-23/h4-8,14-16,20H,2-3,9-13H2,1H3,(H,22,25)/t16-,20-/m0/s1. The second kappa shape index (κ2) is 9.15. The summed E-state index contributed by atoms with van der Waals surface area (Å²) in [6, 6.07) is 8.54. The van der Waals surface area contributed by atoms with E-state index in [4.69, 9.17) is 4.74 Å². The molecule has 0 bridgehead atoms. The third kappa shape index (κ3) is 4.45. The summed E-state index contributed by atoms with van der Waals surface area (Å²) in [5, 5.41) is 7.16. The van der Waals surface area contributed by atoms with Crippen molar-refractivity contribution in [2.24, 2.45) is 0 Å². The highest BCUT2D eigenvalue weighted by molar-refractivity contribution is 7.89. The Morgan fingerprint density at radius 1 is 1.17 bits per heavy atom. The monoisotopic (exact) mass is 449 g/mol. The van der Waals surface area contributed by atoms with Gasteiger partial charge in [-0.2, -0.15) is 15.6 Å². The van der Waals surface area contributed by atoms with Crippen LogP contribution in [0.4, 0.5) is 5.69 Å². The number of carbonyl (C=O) groups excluding carboxylic acids is 1. The summed E-state index contributed by atoms with van der Waals surface area (Å²) in [6.45, 7) is 4.37. The first-order valence-corrected chi connectivity index (χ1v) is 12.6. The fraction of sp³-hybridized carbons (Fsp3) is 0.476. The van der Waals surface area contributed by atoms with Gasteiger partial charge in [0.1, 0.15) is 0 Å². The van der Waals surface area contributed by atoms with Crippen LogP contribution >= 0.6 is 11.3 Å². The van der Waals surface area contributed by atoms with Crippen LogP contribution in [0, 0.1) is 0 Å². The molecule has 1 amide bonds. The molecule has 2 aliphatic rings. The van der Waals surface area contributed by atoms with Crippen LogP contribution in [0.25, 0.3) is 0 Å². The van der Waals surface area contributed by atoms with E-state index in [2.05, 4.69) is 27.0 Å². The fourth-order valence-electron chi connectivity index (χ4n) is 4.12. The zero-order valence-electron chi connectivity index (χ0n) is 17.0. The van der Waals surface area contributed by atoms with E-state index >= 15 is 0 Å². The van der Waals surface area contributed by atoms with Gasteiger partial charge in [0, 0.05) is 24.8 Å². The number of hydrogen-bond acceptors (Lipinski definition) is 6. The molecule has 0 saturated carbocycles. The Morgan fingerprint density at radius 2 is 1.90 bits per heavy atom. The molecule has 4 rings (SSSR count). The molecule has 0 radical (unpaired) electrons. The van der Waals surface area contributed by atoms with Crippen LogP contribution < -0.4 is 5.32 Å². The summed E-state index contributed by atoms with van der Waals surface area (Å²) in [4.78, 5) is 15.3. The van der Waals surface area contributed by atoms with E-state index in [1.165, 1.54) is 9.87 Å². The molecule has 7 nitrogen and oxygen atoms in total. The van der Waals surface area contributed by atoms with Crippen molar-refractivity contribution in [2.75, 3.05) is 38.2 Å². The Balaban J connectivity index is 1.41. The van der Waals surface area contributed by atoms with Gasteiger partial charge in [-0.1, -0.05) is 0 Å². The Kier molecular flexibility index (Phi) is 6.54. The van der Waals surface area contributed by atoms with Gasteiger partial charge in [0.2, 0.25) is 15.9 Å². The number of hydrogen-bond donors (Lipinski definition) is 1. The zero-order chi connectivity index (χ0) is 21.1. The minimum Gasteiger partial charge on any atom is -0.379 e. The summed E-state index contributed by atoms with van der Waals surface area (Å²) >= 11 is 1.68. The van der Waals surface area contributed by atoms with Crippen molar-refractivity contribution in [3.05, 3.63) is 46.7 Å². The number of thiophene rings is 1. The van der Waals surface area contributed by atoms with Crippen molar-refractivity contribution in [3.63, 3.8) is 0 Å². The lowest BCUT2D eigenvalue weighted by Gasteiger charge is -2.29. The maximum Gasteiger partial charge on any atom is 0.243 e. The van der Waals surface area contributed by atoms with Crippen molar-refractivity contribution in [2.45, 2.75) is 36.7 Å². The number of rotatable bonds is 6. The number of benzene rings is 1. The lowest BCUT2D eigenvalue weighted by atomic mass is 10.1. The second-order valence-corrected chi connectivity index (χ2v) is 10.4. The van der Waals surface area contributed by atoms with Crippen molar-refractivity contribution in [3.8, 4) is 0 Å². The van der Waals surface area contributed by atoms with E-state index in [1.54, 1.807) is 35.6 Å². The predicted octanol–water partition coefficient (Wildman–Crippen LogP) is 2.93. The molecule has 2 atom stereocenters. The van der Waals surface area contributed by atoms with Crippen LogP contribution in [0.5, 0.6) is 0 Å². The van der Waals surface area contributed by atoms with E-state index < -0.39 is 10.0 Å². The van der Waals surface area contributed by atoms with Gasteiger partial charge in [0.15, 0.2) is 0 Å². The number of nitrogens with one attached hydrogen (secondary N) is 1. The fourth-order valence-corrected chi connectivity index (χ4v) is 6.23. The highest BCUT2D eigenvalue weighted by atomic mass is 32.2. The molecule has 162 valence electrons. The van der Waals surface area contributed by atoms with Crippen LogP contribution in [-0.4, -0.2) is 62.4 Å². The molecule has 2 aliphatic heterocycles. The summed E-state index contributed by atoms with van der Waals surface area (Å²) in [6.07, 6.45) is 2.13. The molecule has 1 aromatic carbocycles. The minimum atomic E-state index is -3.54. The van der Waals surface area contributed by atoms with Crippen LogP contribution in [-0.2, 0) is 19.6 Å². The van der Waals surface area contributed by atoms with Crippen LogP contribution in [0.3, 0.4) is 0 Å². The highest BCUT2D eigenvalue weighted by Crippen LogP contribution is 2.34. The van der Waals surface area contributed by atoms with Crippen molar-refractivity contribution < 1.29 is 17.9 Å². The molecule has 2 saturated heterocycles. The molecule has 3 heterocycles. The summed E-state index contributed by atoms with van der Waals surface area (Å²) < 4.78 is 32.1.